The number of nitrogens with one attached hydrogen (secondary N) is 2. The van der Waals surface area contributed by atoms with E-state index in [1.807, 2.05) is 25.1 Å². The van der Waals surface area contributed by atoms with Gasteiger partial charge in [-0.2, -0.15) is 0 Å². The zero-order chi connectivity index (χ0) is 15.4. The van der Waals surface area contributed by atoms with Crippen molar-refractivity contribution in [2.24, 2.45) is 0 Å². The van der Waals surface area contributed by atoms with Crippen molar-refractivity contribution in [2.45, 2.75) is 13.8 Å². The normalized spacial score (nSPS) is 10.1. The van der Waals surface area contributed by atoms with Crippen LogP contribution in [0.5, 0.6) is 5.75 Å². The predicted octanol–water partition coefficient (Wildman–Crippen LogP) is 4.26. The van der Waals surface area contributed by atoms with Gasteiger partial charge in [-0.1, -0.05) is 6.07 Å². The van der Waals surface area contributed by atoms with Gasteiger partial charge >= 0.3 is 0 Å². The van der Waals surface area contributed by atoms with Gasteiger partial charge in [-0.3, -0.25) is 0 Å². The van der Waals surface area contributed by atoms with E-state index in [9.17, 15) is 4.39 Å². The summed E-state index contributed by atoms with van der Waals surface area (Å²) in [5.74, 6) is -0.231. The lowest BCUT2D eigenvalue weighted by Crippen LogP contribution is -2.19. The quantitative estimate of drug-likeness (QED) is 0.830. The van der Waals surface area contributed by atoms with Crippen LogP contribution in [0.2, 0.25) is 0 Å². The van der Waals surface area contributed by atoms with Crippen molar-refractivity contribution in [1.82, 2.24) is 0 Å². The molecule has 0 aliphatic heterocycles. The Balaban J connectivity index is 2.04. The molecule has 5 heteroatoms. The summed E-state index contributed by atoms with van der Waals surface area (Å²) in [6.45, 7) is 4.09. The van der Waals surface area contributed by atoms with Gasteiger partial charge in [-0.05, 0) is 61.5 Å². The van der Waals surface area contributed by atoms with Crippen LogP contribution in [0.25, 0.3) is 0 Å². The highest BCUT2D eigenvalue weighted by Crippen LogP contribution is 2.21. The predicted molar refractivity (Wildman–Crippen MR) is 88.7 cm³/mol. The van der Waals surface area contributed by atoms with E-state index in [0.717, 1.165) is 5.69 Å². The van der Waals surface area contributed by atoms with Gasteiger partial charge < -0.3 is 15.4 Å². The molecule has 0 unspecified atom stereocenters. The minimum Gasteiger partial charge on any atom is -0.494 e. The number of hydrogen-bond acceptors (Lipinski definition) is 2. The monoisotopic (exact) mass is 304 g/mol. The Bertz CT molecular complexity index is 673. The molecule has 0 aliphatic rings. The van der Waals surface area contributed by atoms with Crippen molar-refractivity contribution in [3.05, 3.63) is 53.3 Å². The van der Waals surface area contributed by atoms with Gasteiger partial charge in [0.25, 0.3) is 0 Å². The number of ether oxygens (including phenoxy) is 1. The molecule has 0 bridgehead atoms. The molecule has 0 spiro atoms. The van der Waals surface area contributed by atoms with E-state index < -0.39 is 5.82 Å². The molecule has 0 amide bonds. The molecule has 2 aromatic rings. The second-order valence-electron chi connectivity index (χ2n) is 4.73. The van der Waals surface area contributed by atoms with Gasteiger partial charge in [0, 0.05) is 17.4 Å². The van der Waals surface area contributed by atoms with E-state index in [4.69, 9.17) is 17.0 Å². The molecule has 0 saturated carbocycles. The summed E-state index contributed by atoms with van der Waals surface area (Å²) in [5, 5.41) is 6.42. The first kappa shape index (κ1) is 15.3. The van der Waals surface area contributed by atoms with Crippen molar-refractivity contribution < 1.29 is 9.13 Å². The Hall–Kier alpha value is -2.14. The van der Waals surface area contributed by atoms with Crippen molar-refractivity contribution >= 4 is 28.7 Å². The van der Waals surface area contributed by atoms with Crippen LogP contribution in [-0.2, 0) is 0 Å². The largest absolute Gasteiger partial charge is 0.494 e. The average molecular weight is 304 g/mol. The lowest BCUT2D eigenvalue weighted by atomic mass is 10.1. The van der Waals surface area contributed by atoms with Crippen molar-refractivity contribution in [2.75, 3.05) is 17.7 Å². The van der Waals surface area contributed by atoms with Crippen LogP contribution in [0.1, 0.15) is 11.1 Å². The molecule has 2 rings (SSSR count). The second-order valence-corrected chi connectivity index (χ2v) is 5.14. The molecule has 0 radical (unpaired) electrons. The molecule has 0 heterocycles. The van der Waals surface area contributed by atoms with Crippen LogP contribution >= 0.6 is 12.2 Å². The number of methoxy groups -OCH3 is 1. The lowest BCUT2D eigenvalue weighted by Gasteiger charge is -2.12. The number of rotatable bonds is 3. The molecule has 0 aliphatic carbocycles. The molecular weight excluding hydrogens is 287 g/mol. The van der Waals surface area contributed by atoms with Crippen molar-refractivity contribution in [3.8, 4) is 5.75 Å². The van der Waals surface area contributed by atoms with Crippen LogP contribution in [0.15, 0.2) is 36.4 Å². The zero-order valence-corrected chi connectivity index (χ0v) is 13.0. The Kier molecular flexibility index (Phi) is 4.75. The van der Waals surface area contributed by atoms with E-state index in [1.165, 1.54) is 24.3 Å². The van der Waals surface area contributed by atoms with Gasteiger partial charge in [0.05, 0.1) is 7.11 Å². The number of aryl methyl sites for hydroxylation is 2. The van der Waals surface area contributed by atoms with E-state index >= 15 is 0 Å². The third kappa shape index (κ3) is 3.92. The molecule has 0 aromatic heterocycles. The molecule has 0 saturated heterocycles. The van der Waals surface area contributed by atoms with Gasteiger partial charge in [-0.25, -0.2) is 4.39 Å². The fraction of sp³-hybridized carbons (Fsp3) is 0.188. The number of thiocarbonyl (C=S) groups is 1. The van der Waals surface area contributed by atoms with Crippen LogP contribution in [0.3, 0.4) is 0 Å². The van der Waals surface area contributed by atoms with E-state index in [-0.39, 0.29) is 5.75 Å². The Morgan fingerprint density at radius 2 is 1.62 bits per heavy atom. The molecule has 110 valence electrons. The topological polar surface area (TPSA) is 33.3 Å². The van der Waals surface area contributed by atoms with Gasteiger partial charge in [0.2, 0.25) is 0 Å². The molecule has 0 atom stereocenters. The second kappa shape index (κ2) is 6.54. The number of anilines is 2. The molecular formula is C16H17FN2OS. The Morgan fingerprint density at radius 3 is 2.19 bits per heavy atom. The Labute approximate surface area is 129 Å². The van der Waals surface area contributed by atoms with Gasteiger partial charge in [-0.15, -0.1) is 0 Å². The van der Waals surface area contributed by atoms with E-state index in [2.05, 4.69) is 17.6 Å². The first-order valence-electron chi connectivity index (χ1n) is 6.48. The standard InChI is InChI=1S/C16H17FN2OS/c1-10-4-5-12(8-11(10)2)18-16(21)19-13-6-7-15(20-3)14(17)9-13/h4-9H,1-3H3,(H2,18,19,21). The number of benzene rings is 2. The summed E-state index contributed by atoms with van der Waals surface area (Å²) in [4.78, 5) is 0. The molecule has 0 fully saturated rings. The fourth-order valence-corrected chi connectivity index (χ4v) is 2.09. The summed E-state index contributed by atoms with van der Waals surface area (Å²) in [6, 6.07) is 10.6. The third-order valence-corrected chi connectivity index (χ3v) is 3.38. The molecule has 2 aromatic carbocycles. The highest BCUT2D eigenvalue weighted by molar-refractivity contribution is 7.80. The summed E-state index contributed by atoms with van der Waals surface area (Å²) >= 11 is 5.22. The van der Waals surface area contributed by atoms with Crippen LogP contribution < -0.4 is 15.4 Å². The maximum Gasteiger partial charge on any atom is 0.175 e. The first-order valence-corrected chi connectivity index (χ1v) is 6.89. The smallest absolute Gasteiger partial charge is 0.175 e. The summed E-state index contributed by atoms with van der Waals surface area (Å²) in [5.41, 5.74) is 3.86. The van der Waals surface area contributed by atoms with Crippen molar-refractivity contribution in [1.29, 1.82) is 0 Å². The van der Waals surface area contributed by atoms with Crippen molar-refractivity contribution in [3.63, 3.8) is 0 Å². The fourth-order valence-electron chi connectivity index (χ4n) is 1.86. The highest BCUT2D eigenvalue weighted by atomic mass is 32.1. The average Bonchev–Trinajstić information content (AvgIpc) is 2.43. The lowest BCUT2D eigenvalue weighted by molar-refractivity contribution is 0.387. The minimum atomic E-state index is -0.434. The zero-order valence-electron chi connectivity index (χ0n) is 12.2. The SMILES string of the molecule is COc1ccc(NC(=S)Nc2ccc(C)c(C)c2)cc1F. The van der Waals surface area contributed by atoms with Crippen LogP contribution in [0.4, 0.5) is 15.8 Å². The molecule has 2 N–H and O–H groups in total. The summed E-state index contributed by atoms with van der Waals surface area (Å²) < 4.78 is 18.5. The van der Waals surface area contributed by atoms with E-state index in [0.29, 0.717) is 10.8 Å². The van der Waals surface area contributed by atoms with Crippen LogP contribution in [0, 0.1) is 19.7 Å². The Morgan fingerprint density at radius 1 is 1.00 bits per heavy atom. The summed E-state index contributed by atoms with van der Waals surface area (Å²) in [7, 11) is 1.43. The number of halogens is 1. The third-order valence-electron chi connectivity index (χ3n) is 3.17. The van der Waals surface area contributed by atoms with Gasteiger partial charge in [0.15, 0.2) is 16.7 Å². The molecule has 21 heavy (non-hydrogen) atoms. The highest BCUT2D eigenvalue weighted by Gasteiger charge is 2.05. The maximum absolute atomic E-state index is 13.6. The number of hydrogen-bond donors (Lipinski definition) is 2. The van der Waals surface area contributed by atoms with Gasteiger partial charge in [0.1, 0.15) is 0 Å². The molecule has 3 nitrogen and oxygen atoms in total. The van der Waals surface area contributed by atoms with Crippen LogP contribution in [-0.4, -0.2) is 12.2 Å². The minimum absolute atomic E-state index is 0.202. The maximum atomic E-state index is 13.6. The van der Waals surface area contributed by atoms with E-state index in [1.54, 1.807) is 12.1 Å². The first-order chi connectivity index (χ1) is 9.99. The summed E-state index contributed by atoms with van der Waals surface area (Å²) in [6.07, 6.45) is 0.